The van der Waals surface area contributed by atoms with E-state index in [1.54, 1.807) is 11.4 Å². The van der Waals surface area contributed by atoms with E-state index in [9.17, 15) is 9.59 Å². The number of esters is 1. The summed E-state index contributed by atoms with van der Waals surface area (Å²) >= 11 is 0. The molecule has 18 heavy (non-hydrogen) atoms. The van der Waals surface area contributed by atoms with Crippen LogP contribution in [0.15, 0.2) is 16.9 Å². The molecule has 6 heteroatoms. The summed E-state index contributed by atoms with van der Waals surface area (Å²) in [6, 6.07) is 3.02. The van der Waals surface area contributed by atoms with Crippen LogP contribution < -0.4 is 5.56 Å². The van der Waals surface area contributed by atoms with Crippen molar-refractivity contribution >= 4 is 11.6 Å². The minimum atomic E-state index is -0.482. The van der Waals surface area contributed by atoms with Crippen molar-refractivity contribution in [2.45, 2.75) is 26.7 Å². The van der Waals surface area contributed by atoms with Crippen LogP contribution in [0.3, 0.4) is 0 Å². The molecule has 2 aromatic heterocycles. The van der Waals surface area contributed by atoms with Gasteiger partial charge < -0.3 is 9.72 Å². The summed E-state index contributed by atoms with van der Waals surface area (Å²) in [7, 11) is 0. The molecule has 2 rings (SSSR count). The molecule has 0 fully saturated rings. The standard InChI is InChI=1S/C12H15N3O3/c1-3-5-8-6-11(16)13-10-7-9(14-15(8)10)12(17)18-4-2/h6-7H,3-5H2,1-2H3,(H,13,16). The second kappa shape index (κ2) is 5.03. The highest BCUT2D eigenvalue weighted by Crippen LogP contribution is 2.08. The van der Waals surface area contributed by atoms with Crippen molar-refractivity contribution in [1.29, 1.82) is 0 Å². The number of rotatable bonds is 4. The summed E-state index contributed by atoms with van der Waals surface area (Å²) in [5.41, 5.74) is 1.30. The second-order valence-electron chi connectivity index (χ2n) is 3.92. The number of H-pyrrole nitrogens is 1. The Labute approximate surface area is 104 Å². The average molecular weight is 249 g/mol. The number of nitrogens with zero attached hydrogens (tertiary/aromatic N) is 2. The molecule has 0 radical (unpaired) electrons. The van der Waals surface area contributed by atoms with E-state index in [1.807, 2.05) is 6.92 Å². The first-order chi connectivity index (χ1) is 8.65. The predicted molar refractivity (Wildman–Crippen MR) is 65.8 cm³/mol. The lowest BCUT2D eigenvalue weighted by Gasteiger charge is -2.01. The van der Waals surface area contributed by atoms with Gasteiger partial charge in [-0.15, -0.1) is 0 Å². The van der Waals surface area contributed by atoms with E-state index >= 15 is 0 Å². The molecule has 0 bridgehead atoms. The summed E-state index contributed by atoms with van der Waals surface area (Å²) in [4.78, 5) is 25.7. The second-order valence-corrected chi connectivity index (χ2v) is 3.92. The zero-order valence-corrected chi connectivity index (χ0v) is 10.4. The molecule has 96 valence electrons. The van der Waals surface area contributed by atoms with Gasteiger partial charge in [-0.1, -0.05) is 13.3 Å². The summed E-state index contributed by atoms with van der Waals surface area (Å²) in [6.07, 6.45) is 1.62. The van der Waals surface area contributed by atoms with Crippen LogP contribution in [0.5, 0.6) is 0 Å². The zero-order chi connectivity index (χ0) is 13.1. The third kappa shape index (κ3) is 2.27. The Morgan fingerprint density at radius 2 is 2.22 bits per heavy atom. The molecule has 0 aliphatic carbocycles. The zero-order valence-electron chi connectivity index (χ0n) is 10.4. The number of carbonyl (C=O) groups is 1. The maximum absolute atomic E-state index is 11.6. The fraction of sp³-hybridized carbons (Fsp3) is 0.417. The van der Waals surface area contributed by atoms with Crippen LogP contribution in [0.2, 0.25) is 0 Å². The predicted octanol–water partition coefficient (Wildman–Crippen LogP) is 1.15. The van der Waals surface area contributed by atoms with E-state index in [0.29, 0.717) is 12.3 Å². The number of hydrogen-bond donors (Lipinski definition) is 1. The molecule has 0 spiro atoms. The Morgan fingerprint density at radius 3 is 2.89 bits per heavy atom. The Bertz CT molecular complexity index is 627. The molecule has 0 saturated carbocycles. The summed E-state index contributed by atoms with van der Waals surface area (Å²) in [6.45, 7) is 4.05. The molecular weight excluding hydrogens is 234 g/mol. The van der Waals surface area contributed by atoms with Gasteiger partial charge in [-0.3, -0.25) is 4.79 Å². The lowest BCUT2D eigenvalue weighted by molar-refractivity contribution is 0.0519. The van der Waals surface area contributed by atoms with Crippen molar-refractivity contribution < 1.29 is 9.53 Å². The minimum Gasteiger partial charge on any atom is -0.461 e. The number of nitrogens with one attached hydrogen (secondary N) is 1. The number of fused-ring (bicyclic) bond motifs is 1. The summed E-state index contributed by atoms with van der Waals surface area (Å²) in [5.74, 6) is -0.482. The molecular formula is C12H15N3O3. The Hall–Kier alpha value is -2.11. The highest BCUT2D eigenvalue weighted by molar-refractivity contribution is 5.88. The maximum atomic E-state index is 11.6. The van der Waals surface area contributed by atoms with Crippen molar-refractivity contribution in [3.8, 4) is 0 Å². The number of ether oxygens (including phenoxy) is 1. The molecule has 0 saturated heterocycles. The van der Waals surface area contributed by atoms with E-state index in [0.717, 1.165) is 18.5 Å². The molecule has 2 aromatic rings. The Morgan fingerprint density at radius 1 is 1.44 bits per heavy atom. The first kappa shape index (κ1) is 12.3. The van der Waals surface area contributed by atoms with Crippen molar-refractivity contribution in [1.82, 2.24) is 14.6 Å². The number of hydrogen-bond acceptors (Lipinski definition) is 4. The van der Waals surface area contributed by atoms with Gasteiger partial charge in [0.15, 0.2) is 5.69 Å². The molecule has 0 aliphatic heterocycles. The molecule has 0 aromatic carbocycles. The average Bonchev–Trinajstić information content (AvgIpc) is 2.73. The lowest BCUT2D eigenvalue weighted by Crippen LogP contribution is -2.12. The third-order valence-electron chi connectivity index (χ3n) is 2.52. The number of aromatic nitrogens is 3. The fourth-order valence-electron chi connectivity index (χ4n) is 1.80. The highest BCUT2D eigenvalue weighted by atomic mass is 16.5. The quantitative estimate of drug-likeness (QED) is 0.825. The van der Waals surface area contributed by atoms with E-state index in [4.69, 9.17) is 4.74 Å². The lowest BCUT2D eigenvalue weighted by atomic mass is 10.2. The van der Waals surface area contributed by atoms with E-state index in [1.165, 1.54) is 12.1 Å². The monoisotopic (exact) mass is 249 g/mol. The topological polar surface area (TPSA) is 76.5 Å². The number of aromatic amines is 1. The fourth-order valence-corrected chi connectivity index (χ4v) is 1.80. The van der Waals surface area contributed by atoms with Gasteiger partial charge in [-0.05, 0) is 13.3 Å². The third-order valence-corrected chi connectivity index (χ3v) is 2.52. The van der Waals surface area contributed by atoms with Crippen molar-refractivity contribution in [2.24, 2.45) is 0 Å². The highest BCUT2D eigenvalue weighted by Gasteiger charge is 2.14. The van der Waals surface area contributed by atoms with E-state index in [2.05, 4.69) is 10.1 Å². The first-order valence-electron chi connectivity index (χ1n) is 5.94. The van der Waals surface area contributed by atoms with Gasteiger partial charge >= 0.3 is 5.97 Å². The number of aryl methyl sites for hydroxylation is 1. The van der Waals surface area contributed by atoms with E-state index < -0.39 is 5.97 Å². The Balaban J connectivity index is 2.52. The largest absolute Gasteiger partial charge is 0.461 e. The van der Waals surface area contributed by atoms with Gasteiger partial charge in [-0.2, -0.15) is 5.10 Å². The van der Waals surface area contributed by atoms with Gasteiger partial charge in [0, 0.05) is 17.8 Å². The summed E-state index contributed by atoms with van der Waals surface area (Å²) in [5, 5.41) is 4.16. The molecule has 0 aliphatic rings. The number of carbonyl (C=O) groups excluding carboxylic acids is 1. The van der Waals surface area contributed by atoms with Crippen LogP contribution in [0, 0.1) is 0 Å². The van der Waals surface area contributed by atoms with Crippen LogP contribution in [-0.2, 0) is 11.2 Å². The van der Waals surface area contributed by atoms with Crippen LogP contribution in [0.25, 0.3) is 5.65 Å². The van der Waals surface area contributed by atoms with Crippen LogP contribution in [-0.4, -0.2) is 27.2 Å². The van der Waals surface area contributed by atoms with Crippen LogP contribution in [0.1, 0.15) is 36.5 Å². The van der Waals surface area contributed by atoms with Crippen molar-refractivity contribution in [3.63, 3.8) is 0 Å². The minimum absolute atomic E-state index is 0.193. The van der Waals surface area contributed by atoms with Gasteiger partial charge in [0.25, 0.3) is 5.56 Å². The molecule has 1 N–H and O–H groups in total. The van der Waals surface area contributed by atoms with Crippen LogP contribution in [0.4, 0.5) is 0 Å². The van der Waals surface area contributed by atoms with Crippen molar-refractivity contribution in [3.05, 3.63) is 33.9 Å². The van der Waals surface area contributed by atoms with Crippen LogP contribution >= 0.6 is 0 Å². The van der Waals surface area contributed by atoms with Gasteiger partial charge in [-0.25, -0.2) is 9.31 Å². The molecule has 0 amide bonds. The van der Waals surface area contributed by atoms with Gasteiger partial charge in [0.05, 0.1) is 6.61 Å². The smallest absolute Gasteiger partial charge is 0.358 e. The molecule has 0 atom stereocenters. The van der Waals surface area contributed by atoms with Crippen molar-refractivity contribution in [2.75, 3.05) is 6.61 Å². The Kier molecular flexibility index (Phi) is 3.45. The van der Waals surface area contributed by atoms with Gasteiger partial charge in [0.2, 0.25) is 0 Å². The SMILES string of the molecule is CCCc1cc(=O)[nH]c2cc(C(=O)OCC)nn12. The first-order valence-corrected chi connectivity index (χ1v) is 5.94. The molecule has 0 unspecified atom stereocenters. The normalized spacial score (nSPS) is 10.8. The molecule has 2 heterocycles. The maximum Gasteiger partial charge on any atom is 0.358 e. The van der Waals surface area contributed by atoms with E-state index in [-0.39, 0.29) is 11.3 Å². The van der Waals surface area contributed by atoms with Gasteiger partial charge in [0.1, 0.15) is 5.65 Å². The molecule has 6 nitrogen and oxygen atoms in total. The summed E-state index contributed by atoms with van der Waals surface area (Å²) < 4.78 is 6.46.